The molecule has 1 fully saturated rings. The van der Waals surface area contributed by atoms with Crippen molar-refractivity contribution in [3.63, 3.8) is 0 Å². The van der Waals surface area contributed by atoms with Crippen molar-refractivity contribution in [3.05, 3.63) is 33.3 Å². The van der Waals surface area contributed by atoms with Gasteiger partial charge in [0, 0.05) is 30.2 Å². The molecule has 1 aliphatic heterocycles. The second-order valence-electron chi connectivity index (χ2n) is 4.84. The first kappa shape index (κ1) is 14.8. The lowest BCUT2D eigenvalue weighted by Crippen LogP contribution is -2.41. The Morgan fingerprint density at radius 1 is 1.58 bits per heavy atom. The smallest absolute Gasteiger partial charge is 0.253 e. The van der Waals surface area contributed by atoms with Crippen molar-refractivity contribution in [1.29, 1.82) is 0 Å². The summed E-state index contributed by atoms with van der Waals surface area (Å²) in [5.74, 6) is 0.511. The van der Waals surface area contributed by atoms with Gasteiger partial charge >= 0.3 is 0 Å². The SMILES string of the molecule is COCC1CCCN(C(=O)c2ccc(Cl)c(Br)c2)C1. The average molecular weight is 347 g/mol. The third-order valence-corrected chi connectivity index (χ3v) is 4.59. The molecule has 1 amide bonds. The van der Waals surface area contributed by atoms with E-state index in [-0.39, 0.29) is 5.91 Å². The van der Waals surface area contributed by atoms with E-state index < -0.39 is 0 Å². The van der Waals surface area contributed by atoms with E-state index in [4.69, 9.17) is 16.3 Å². The topological polar surface area (TPSA) is 29.5 Å². The van der Waals surface area contributed by atoms with Crippen LogP contribution < -0.4 is 0 Å². The number of ether oxygens (including phenoxy) is 1. The largest absolute Gasteiger partial charge is 0.384 e. The molecular formula is C14H17BrClNO2. The van der Waals surface area contributed by atoms with Gasteiger partial charge in [0.1, 0.15) is 0 Å². The quantitative estimate of drug-likeness (QED) is 0.837. The zero-order valence-electron chi connectivity index (χ0n) is 10.9. The minimum absolute atomic E-state index is 0.0677. The van der Waals surface area contributed by atoms with E-state index in [1.165, 1.54) is 0 Å². The lowest BCUT2D eigenvalue weighted by atomic mass is 9.98. The van der Waals surface area contributed by atoms with Gasteiger partial charge < -0.3 is 9.64 Å². The number of piperidine rings is 1. The second-order valence-corrected chi connectivity index (χ2v) is 6.11. The zero-order valence-corrected chi connectivity index (χ0v) is 13.2. The van der Waals surface area contributed by atoms with Crippen LogP contribution in [0.1, 0.15) is 23.2 Å². The fourth-order valence-corrected chi connectivity index (χ4v) is 2.93. The Balaban J connectivity index is 2.08. The zero-order chi connectivity index (χ0) is 13.8. The highest BCUT2D eigenvalue weighted by atomic mass is 79.9. The van der Waals surface area contributed by atoms with Crippen LogP contribution in [0, 0.1) is 5.92 Å². The number of hydrogen-bond donors (Lipinski definition) is 0. The molecule has 0 bridgehead atoms. The van der Waals surface area contributed by atoms with Crippen LogP contribution in [-0.2, 0) is 4.74 Å². The minimum atomic E-state index is 0.0677. The molecular weight excluding hydrogens is 330 g/mol. The highest BCUT2D eigenvalue weighted by Gasteiger charge is 2.24. The van der Waals surface area contributed by atoms with E-state index in [9.17, 15) is 4.79 Å². The Bertz CT molecular complexity index is 465. The molecule has 3 nitrogen and oxygen atoms in total. The van der Waals surface area contributed by atoms with Crippen LogP contribution in [0.3, 0.4) is 0 Å². The van der Waals surface area contributed by atoms with E-state index in [0.29, 0.717) is 23.1 Å². The third kappa shape index (κ3) is 3.71. The first-order valence-electron chi connectivity index (χ1n) is 6.35. The normalized spacial score (nSPS) is 19.5. The van der Waals surface area contributed by atoms with Gasteiger partial charge in [-0.05, 0) is 52.9 Å². The highest BCUT2D eigenvalue weighted by Crippen LogP contribution is 2.25. The molecule has 1 aromatic rings. The van der Waals surface area contributed by atoms with Crippen LogP contribution in [0.25, 0.3) is 0 Å². The standard InChI is InChI=1S/C14H17BrClNO2/c1-19-9-10-3-2-6-17(8-10)14(18)11-4-5-13(16)12(15)7-11/h4-5,7,10H,2-3,6,8-9H2,1H3. The molecule has 1 aliphatic rings. The number of rotatable bonds is 3. The number of benzene rings is 1. The molecule has 1 aromatic carbocycles. The van der Waals surface area contributed by atoms with Crippen molar-refractivity contribution in [2.45, 2.75) is 12.8 Å². The van der Waals surface area contributed by atoms with E-state index in [1.807, 2.05) is 4.90 Å². The maximum Gasteiger partial charge on any atom is 0.253 e. The Hall–Kier alpha value is -0.580. The predicted octanol–water partition coefficient (Wildman–Crippen LogP) is 3.60. The summed E-state index contributed by atoms with van der Waals surface area (Å²) in [4.78, 5) is 14.3. The first-order valence-corrected chi connectivity index (χ1v) is 7.52. The van der Waals surface area contributed by atoms with Gasteiger partial charge in [0.15, 0.2) is 0 Å². The molecule has 0 aliphatic carbocycles. The summed E-state index contributed by atoms with van der Waals surface area (Å²) in [7, 11) is 1.71. The third-order valence-electron chi connectivity index (χ3n) is 3.38. The summed E-state index contributed by atoms with van der Waals surface area (Å²) < 4.78 is 5.94. The number of carbonyl (C=O) groups is 1. The highest BCUT2D eigenvalue weighted by molar-refractivity contribution is 9.10. The van der Waals surface area contributed by atoms with Crippen molar-refractivity contribution in [3.8, 4) is 0 Å². The van der Waals surface area contributed by atoms with Gasteiger partial charge in [0.2, 0.25) is 0 Å². The molecule has 0 saturated carbocycles. The van der Waals surface area contributed by atoms with Crippen LogP contribution >= 0.6 is 27.5 Å². The molecule has 5 heteroatoms. The number of halogens is 2. The van der Waals surface area contributed by atoms with E-state index in [2.05, 4.69) is 15.9 Å². The number of methoxy groups -OCH3 is 1. The summed E-state index contributed by atoms with van der Waals surface area (Å²) in [6.45, 7) is 2.31. The molecule has 1 atom stereocenters. The number of carbonyl (C=O) groups excluding carboxylic acids is 1. The summed E-state index contributed by atoms with van der Waals surface area (Å²) in [5.41, 5.74) is 0.675. The summed E-state index contributed by atoms with van der Waals surface area (Å²) in [6.07, 6.45) is 2.16. The van der Waals surface area contributed by atoms with Crippen molar-refractivity contribution in [1.82, 2.24) is 4.90 Å². The lowest BCUT2D eigenvalue weighted by Gasteiger charge is -2.32. The molecule has 0 spiro atoms. The van der Waals surface area contributed by atoms with E-state index >= 15 is 0 Å². The molecule has 19 heavy (non-hydrogen) atoms. The molecule has 0 aromatic heterocycles. The number of hydrogen-bond acceptors (Lipinski definition) is 2. The summed E-state index contributed by atoms with van der Waals surface area (Å²) in [5, 5.41) is 0.618. The van der Waals surface area contributed by atoms with Crippen LogP contribution in [0.15, 0.2) is 22.7 Å². The van der Waals surface area contributed by atoms with Gasteiger partial charge in [0.05, 0.1) is 11.6 Å². The molecule has 1 saturated heterocycles. The van der Waals surface area contributed by atoms with Gasteiger partial charge in [-0.3, -0.25) is 4.79 Å². The Morgan fingerprint density at radius 3 is 3.05 bits per heavy atom. The van der Waals surface area contributed by atoms with Crippen LogP contribution in [0.4, 0.5) is 0 Å². The van der Waals surface area contributed by atoms with Crippen molar-refractivity contribution in [2.24, 2.45) is 5.92 Å². The van der Waals surface area contributed by atoms with E-state index in [1.54, 1.807) is 25.3 Å². The molecule has 104 valence electrons. The Labute approximate surface area is 127 Å². The first-order chi connectivity index (χ1) is 9.11. The summed E-state index contributed by atoms with van der Waals surface area (Å²) in [6, 6.07) is 5.30. The van der Waals surface area contributed by atoms with Crippen LogP contribution in [0.5, 0.6) is 0 Å². The number of amides is 1. The van der Waals surface area contributed by atoms with Gasteiger partial charge in [-0.1, -0.05) is 11.6 Å². The van der Waals surface area contributed by atoms with Gasteiger partial charge in [-0.25, -0.2) is 0 Å². The lowest BCUT2D eigenvalue weighted by molar-refractivity contribution is 0.0571. The van der Waals surface area contributed by atoms with Crippen LogP contribution in [-0.4, -0.2) is 37.6 Å². The number of likely N-dealkylation sites (tertiary alicyclic amines) is 1. The van der Waals surface area contributed by atoms with Crippen molar-refractivity contribution < 1.29 is 9.53 Å². The predicted molar refractivity (Wildman–Crippen MR) is 79.7 cm³/mol. The molecule has 0 radical (unpaired) electrons. The van der Waals surface area contributed by atoms with E-state index in [0.717, 1.165) is 30.4 Å². The van der Waals surface area contributed by atoms with Crippen LogP contribution in [0.2, 0.25) is 5.02 Å². The minimum Gasteiger partial charge on any atom is -0.384 e. The van der Waals surface area contributed by atoms with Gasteiger partial charge in [-0.15, -0.1) is 0 Å². The Kier molecular flexibility index (Phi) is 5.25. The van der Waals surface area contributed by atoms with Gasteiger partial charge in [0.25, 0.3) is 5.91 Å². The average Bonchev–Trinajstić information content (AvgIpc) is 2.42. The molecule has 1 unspecified atom stereocenters. The number of nitrogens with zero attached hydrogens (tertiary/aromatic N) is 1. The molecule has 0 N–H and O–H groups in total. The summed E-state index contributed by atoms with van der Waals surface area (Å²) >= 11 is 9.30. The monoisotopic (exact) mass is 345 g/mol. The van der Waals surface area contributed by atoms with Gasteiger partial charge in [-0.2, -0.15) is 0 Å². The van der Waals surface area contributed by atoms with Crippen molar-refractivity contribution >= 4 is 33.4 Å². The molecule has 1 heterocycles. The molecule has 2 rings (SSSR count). The maximum absolute atomic E-state index is 12.4. The maximum atomic E-state index is 12.4. The fourth-order valence-electron chi connectivity index (χ4n) is 2.43. The fraction of sp³-hybridized carbons (Fsp3) is 0.500. The second kappa shape index (κ2) is 6.73. The Morgan fingerprint density at radius 2 is 2.37 bits per heavy atom. The van der Waals surface area contributed by atoms with Crippen molar-refractivity contribution in [2.75, 3.05) is 26.8 Å².